The number of ether oxygens (including phenoxy) is 1. The number of hydrogen-bond acceptors (Lipinski definition) is 5. The molecule has 2 aromatic rings. The molecule has 0 atom stereocenters. The first kappa shape index (κ1) is 16.5. The number of methoxy groups -OCH3 is 1. The molecule has 0 saturated heterocycles. The zero-order chi connectivity index (χ0) is 16.7. The van der Waals surface area contributed by atoms with Gasteiger partial charge in [-0.2, -0.15) is 0 Å². The maximum atomic E-state index is 12.0. The largest absolute Gasteiger partial charge is 0.465 e. The van der Waals surface area contributed by atoms with Gasteiger partial charge in [-0.25, -0.2) is 4.79 Å². The molecular weight excluding hydrogens is 294 g/mol. The fourth-order valence-electron chi connectivity index (χ4n) is 2.00. The molecule has 1 aromatic heterocycles. The second-order valence-corrected chi connectivity index (χ2v) is 4.85. The molecule has 0 spiro atoms. The molecule has 6 heteroatoms. The number of pyridine rings is 1. The standard InChI is InChI=1S/C17H19N3O3/c1-3-9-19-16(21)15-11-12(8-10-18-15)20-14-7-5-4-6-13(14)17(22)23-2/h4-8,10-11H,3,9H2,1-2H3,(H,18,20)(H,19,21). The number of hydrogen-bond donors (Lipinski definition) is 2. The van der Waals surface area contributed by atoms with Crippen LogP contribution in [0, 0.1) is 0 Å². The number of carbonyl (C=O) groups excluding carboxylic acids is 2. The van der Waals surface area contributed by atoms with E-state index in [4.69, 9.17) is 4.74 Å². The topological polar surface area (TPSA) is 80.3 Å². The van der Waals surface area contributed by atoms with Crippen molar-refractivity contribution in [3.8, 4) is 0 Å². The Bertz CT molecular complexity index is 701. The summed E-state index contributed by atoms with van der Waals surface area (Å²) in [5, 5.41) is 5.89. The van der Waals surface area contributed by atoms with Crippen LogP contribution in [-0.4, -0.2) is 30.5 Å². The number of benzene rings is 1. The first-order valence-corrected chi connectivity index (χ1v) is 7.34. The molecule has 1 amide bonds. The van der Waals surface area contributed by atoms with Gasteiger partial charge in [0.2, 0.25) is 0 Å². The van der Waals surface area contributed by atoms with Crippen LogP contribution in [0.2, 0.25) is 0 Å². The van der Waals surface area contributed by atoms with E-state index < -0.39 is 5.97 Å². The molecule has 0 fully saturated rings. The van der Waals surface area contributed by atoms with Crippen LogP contribution in [0.25, 0.3) is 0 Å². The Morgan fingerprint density at radius 2 is 2.00 bits per heavy atom. The van der Waals surface area contributed by atoms with Crippen LogP contribution in [0.4, 0.5) is 11.4 Å². The molecule has 1 aromatic carbocycles. The Morgan fingerprint density at radius 3 is 2.74 bits per heavy atom. The maximum Gasteiger partial charge on any atom is 0.339 e. The molecule has 2 N–H and O–H groups in total. The van der Waals surface area contributed by atoms with Crippen LogP contribution in [0.5, 0.6) is 0 Å². The average molecular weight is 313 g/mol. The number of para-hydroxylation sites is 1. The molecule has 0 aliphatic rings. The first-order valence-electron chi connectivity index (χ1n) is 7.34. The molecule has 0 bridgehead atoms. The van der Waals surface area contributed by atoms with Gasteiger partial charge in [-0.15, -0.1) is 0 Å². The minimum absolute atomic E-state index is 0.225. The summed E-state index contributed by atoms with van der Waals surface area (Å²) in [5.74, 6) is -0.653. The van der Waals surface area contributed by atoms with Gasteiger partial charge in [0.05, 0.1) is 18.4 Å². The van der Waals surface area contributed by atoms with E-state index in [0.29, 0.717) is 29.2 Å². The number of aromatic nitrogens is 1. The van der Waals surface area contributed by atoms with Gasteiger partial charge < -0.3 is 15.4 Å². The Balaban J connectivity index is 2.21. The molecule has 0 aliphatic carbocycles. The summed E-state index contributed by atoms with van der Waals surface area (Å²) in [6.45, 7) is 2.58. The van der Waals surface area contributed by atoms with Crippen LogP contribution in [0.3, 0.4) is 0 Å². The Labute approximate surface area is 134 Å². The van der Waals surface area contributed by atoms with Gasteiger partial charge in [0.1, 0.15) is 5.69 Å². The van der Waals surface area contributed by atoms with Crippen molar-refractivity contribution in [3.63, 3.8) is 0 Å². The zero-order valence-corrected chi connectivity index (χ0v) is 13.1. The van der Waals surface area contributed by atoms with E-state index in [1.807, 2.05) is 13.0 Å². The molecule has 1 heterocycles. The second kappa shape index (κ2) is 7.93. The van der Waals surface area contributed by atoms with Gasteiger partial charge in [-0.3, -0.25) is 9.78 Å². The number of nitrogens with zero attached hydrogens (tertiary/aromatic N) is 1. The van der Waals surface area contributed by atoms with Gasteiger partial charge in [0.15, 0.2) is 0 Å². The monoisotopic (exact) mass is 313 g/mol. The van der Waals surface area contributed by atoms with Gasteiger partial charge >= 0.3 is 5.97 Å². The Hall–Kier alpha value is -2.89. The number of nitrogens with one attached hydrogen (secondary N) is 2. The molecule has 0 unspecified atom stereocenters. The summed E-state index contributed by atoms with van der Waals surface area (Å²) in [4.78, 5) is 27.8. The van der Waals surface area contributed by atoms with Crippen molar-refractivity contribution in [1.82, 2.24) is 10.3 Å². The van der Waals surface area contributed by atoms with E-state index in [1.165, 1.54) is 7.11 Å². The van der Waals surface area contributed by atoms with E-state index >= 15 is 0 Å². The van der Waals surface area contributed by atoms with Gasteiger partial charge in [0, 0.05) is 18.4 Å². The normalized spacial score (nSPS) is 10.0. The van der Waals surface area contributed by atoms with E-state index in [9.17, 15) is 9.59 Å². The lowest BCUT2D eigenvalue weighted by molar-refractivity contribution is 0.0601. The lowest BCUT2D eigenvalue weighted by Gasteiger charge is -2.11. The highest BCUT2D eigenvalue weighted by Crippen LogP contribution is 2.21. The predicted octanol–water partition coefficient (Wildman–Crippen LogP) is 2.75. The van der Waals surface area contributed by atoms with Crippen molar-refractivity contribution in [3.05, 3.63) is 53.9 Å². The number of anilines is 2. The Kier molecular flexibility index (Phi) is 5.68. The predicted molar refractivity (Wildman–Crippen MR) is 87.9 cm³/mol. The second-order valence-electron chi connectivity index (χ2n) is 4.85. The minimum atomic E-state index is -0.428. The van der Waals surface area contributed by atoms with Crippen molar-refractivity contribution in [2.45, 2.75) is 13.3 Å². The number of carbonyl (C=O) groups is 2. The third-order valence-electron chi connectivity index (χ3n) is 3.14. The Morgan fingerprint density at radius 1 is 1.22 bits per heavy atom. The fourth-order valence-corrected chi connectivity index (χ4v) is 2.00. The van der Waals surface area contributed by atoms with Gasteiger partial charge in [-0.1, -0.05) is 19.1 Å². The third-order valence-corrected chi connectivity index (χ3v) is 3.14. The zero-order valence-electron chi connectivity index (χ0n) is 13.1. The van der Waals surface area contributed by atoms with E-state index in [0.717, 1.165) is 6.42 Å². The average Bonchev–Trinajstić information content (AvgIpc) is 2.59. The highest BCUT2D eigenvalue weighted by atomic mass is 16.5. The summed E-state index contributed by atoms with van der Waals surface area (Å²) < 4.78 is 4.77. The van der Waals surface area contributed by atoms with Gasteiger partial charge in [0.25, 0.3) is 5.91 Å². The van der Waals surface area contributed by atoms with Crippen molar-refractivity contribution in [2.75, 3.05) is 19.0 Å². The first-order chi connectivity index (χ1) is 11.2. The molecule has 23 heavy (non-hydrogen) atoms. The smallest absolute Gasteiger partial charge is 0.339 e. The number of esters is 1. The molecule has 0 aliphatic heterocycles. The van der Waals surface area contributed by atoms with Gasteiger partial charge in [-0.05, 0) is 30.7 Å². The van der Waals surface area contributed by atoms with E-state index in [-0.39, 0.29) is 5.91 Å². The van der Waals surface area contributed by atoms with Crippen LogP contribution in [0.1, 0.15) is 34.2 Å². The SMILES string of the molecule is CCCNC(=O)c1cc(Nc2ccccc2C(=O)OC)ccn1. The van der Waals surface area contributed by atoms with Crippen molar-refractivity contribution < 1.29 is 14.3 Å². The summed E-state index contributed by atoms with van der Waals surface area (Å²) in [7, 11) is 1.34. The van der Waals surface area contributed by atoms with Crippen molar-refractivity contribution >= 4 is 23.3 Å². The number of amides is 1. The van der Waals surface area contributed by atoms with Crippen LogP contribution in [-0.2, 0) is 4.74 Å². The lowest BCUT2D eigenvalue weighted by atomic mass is 10.1. The summed E-state index contributed by atoms with van der Waals surface area (Å²) in [6, 6.07) is 10.4. The molecule has 0 saturated carbocycles. The molecule has 0 radical (unpaired) electrons. The molecule has 6 nitrogen and oxygen atoms in total. The third kappa shape index (κ3) is 4.29. The van der Waals surface area contributed by atoms with Crippen LogP contribution >= 0.6 is 0 Å². The molecule has 2 rings (SSSR count). The van der Waals surface area contributed by atoms with Crippen molar-refractivity contribution in [2.24, 2.45) is 0 Å². The highest BCUT2D eigenvalue weighted by Gasteiger charge is 2.12. The summed E-state index contributed by atoms with van der Waals surface area (Å²) in [6.07, 6.45) is 2.40. The minimum Gasteiger partial charge on any atom is -0.465 e. The van der Waals surface area contributed by atoms with Crippen molar-refractivity contribution in [1.29, 1.82) is 0 Å². The lowest BCUT2D eigenvalue weighted by Crippen LogP contribution is -2.24. The summed E-state index contributed by atoms with van der Waals surface area (Å²) >= 11 is 0. The maximum absolute atomic E-state index is 12.0. The number of rotatable bonds is 6. The summed E-state index contributed by atoms with van der Waals surface area (Å²) in [5.41, 5.74) is 2.01. The highest BCUT2D eigenvalue weighted by molar-refractivity contribution is 5.97. The van der Waals surface area contributed by atoms with Crippen LogP contribution < -0.4 is 10.6 Å². The van der Waals surface area contributed by atoms with Crippen LogP contribution in [0.15, 0.2) is 42.6 Å². The van der Waals surface area contributed by atoms with E-state index in [1.54, 1.807) is 36.5 Å². The fraction of sp³-hybridized carbons (Fsp3) is 0.235. The molecule has 120 valence electrons. The van der Waals surface area contributed by atoms with E-state index in [2.05, 4.69) is 15.6 Å². The quantitative estimate of drug-likeness (QED) is 0.802. The molecular formula is C17H19N3O3.